The quantitative estimate of drug-likeness (QED) is 0.864. The molecule has 1 aliphatic heterocycles. The first-order chi connectivity index (χ1) is 10.8. The van der Waals surface area contributed by atoms with Gasteiger partial charge < -0.3 is 19.7 Å². The summed E-state index contributed by atoms with van der Waals surface area (Å²) in [7, 11) is 0. The number of amides is 1. The van der Waals surface area contributed by atoms with Crippen LogP contribution in [0.3, 0.4) is 0 Å². The molecule has 2 atom stereocenters. The maximum atomic E-state index is 12.0. The fourth-order valence-corrected chi connectivity index (χ4v) is 4.46. The van der Waals surface area contributed by atoms with Crippen LogP contribution in [-0.2, 0) is 9.47 Å². The van der Waals surface area contributed by atoms with Gasteiger partial charge in [0.05, 0.1) is 6.10 Å². The molecule has 132 valence electrons. The lowest BCUT2D eigenvalue weighted by Crippen LogP contribution is -2.70. The first-order valence-corrected chi connectivity index (χ1v) is 9.19. The molecule has 3 rings (SSSR count). The number of hydrogen-bond acceptors (Lipinski definition) is 4. The molecule has 0 aromatic carbocycles. The van der Waals surface area contributed by atoms with Crippen molar-refractivity contribution in [1.82, 2.24) is 10.2 Å². The predicted octanol–water partition coefficient (Wildman–Crippen LogP) is 2.93. The van der Waals surface area contributed by atoms with Gasteiger partial charge in [-0.05, 0) is 47.0 Å². The van der Waals surface area contributed by atoms with Crippen LogP contribution in [0.4, 0.5) is 4.79 Å². The van der Waals surface area contributed by atoms with E-state index in [-0.39, 0.29) is 6.09 Å². The number of rotatable bonds is 4. The van der Waals surface area contributed by atoms with E-state index in [0.717, 1.165) is 26.1 Å². The van der Waals surface area contributed by atoms with Gasteiger partial charge in [0.15, 0.2) is 0 Å². The highest BCUT2D eigenvalue weighted by atomic mass is 16.6. The molecule has 0 bridgehead atoms. The van der Waals surface area contributed by atoms with E-state index >= 15 is 0 Å². The van der Waals surface area contributed by atoms with Gasteiger partial charge in [0.2, 0.25) is 0 Å². The predicted molar refractivity (Wildman–Crippen MR) is 89.5 cm³/mol. The summed E-state index contributed by atoms with van der Waals surface area (Å²) in [5.74, 6) is 0. The number of carbonyl (C=O) groups excluding carboxylic acids is 1. The number of likely N-dealkylation sites (tertiary alicyclic amines) is 1. The lowest BCUT2D eigenvalue weighted by molar-refractivity contribution is -0.136. The molecule has 1 heterocycles. The average Bonchev–Trinajstić information content (AvgIpc) is 2.89. The van der Waals surface area contributed by atoms with E-state index in [4.69, 9.17) is 9.47 Å². The molecule has 23 heavy (non-hydrogen) atoms. The molecule has 1 spiro atoms. The minimum Gasteiger partial charge on any atom is -0.444 e. The average molecular weight is 324 g/mol. The van der Waals surface area contributed by atoms with Crippen molar-refractivity contribution < 1.29 is 14.3 Å². The third-order valence-electron chi connectivity index (χ3n) is 5.66. The van der Waals surface area contributed by atoms with Crippen LogP contribution in [0.1, 0.15) is 59.8 Å². The lowest BCUT2D eigenvalue weighted by Gasteiger charge is -2.56. The van der Waals surface area contributed by atoms with Gasteiger partial charge in [-0.3, -0.25) is 0 Å². The molecule has 3 aliphatic rings. The number of ether oxygens (including phenoxy) is 2. The Morgan fingerprint density at radius 1 is 1.26 bits per heavy atom. The summed E-state index contributed by atoms with van der Waals surface area (Å²) in [5.41, 5.74) is -0.0511. The lowest BCUT2D eigenvalue weighted by atomic mass is 9.60. The maximum absolute atomic E-state index is 12.0. The van der Waals surface area contributed by atoms with Crippen molar-refractivity contribution in [2.75, 3.05) is 19.7 Å². The fourth-order valence-electron chi connectivity index (χ4n) is 4.46. The van der Waals surface area contributed by atoms with E-state index in [1.807, 2.05) is 20.8 Å². The molecular weight excluding hydrogens is 292 g/mol. The topological polar surface area (TPSA) is 50.8 Å². The van der Waals surface area contributed by atoms with Gasteiger partial charge >= 0.3 is 6.09 Å². The Hall–Kier alpha value is -0.810. The zero-order valence-electron chi connectivity index (χ0n) is 15.1. The summed E-state index contributed by atoms with van der Waals surface area (Å²) in [6.07, 6.45) is 6.61. The molecule has 1 saturated heterocycles. The highest BCUT2D eigenvalue weighted by molar-refractivity contribution is 5.69. The highest BCUT2D eigenvalue weighted by Crippen LogP contribution is 2.55. The van der Waals surface area contributed by atoms with Crippen LogP contribution < -0.4 is 5.32 Å². The van der Waals surface area contributed by atoms with Crippen molar-refractivity contribution in [2.45, 2.75) is 83.6 Å². The molecule has 0 radical (unpaired) electrons. The summed E-state index contributed by atoms with van der Waals surface area (Å²) in [6.45, 7) is 10.2. The standard InChI is InChI=1S/C18H32N2O3/c1-5-22-15-10-14(18(15)8-6-7-9-18)19-13-11-20(12-13)16(21)23-17(2,3)4/h13-15,19H,5-12H2,1-4H3. The van der Waals surface area contributed by atoms with Gasteiger partial charge in [0.25, 0.3) is 0 Å². The van der Waals surface area contributed by atoms with E-state index in [2.05, 4.69) is 12.2 Å². The fraction of sp³-hybridized carbons (Fsp3) is 0.944. The van der Waals surface area contributed by atoms with Gasteiger partial charge in [-0.2, -0.15) is 0 Å². The number of nitrogens with zero attached hydrogens (tertiary/aromatic N) is 1. The molecular formula is C18H32N2O3. The second-order valence-electron chi connectivity index (χ2n) is 8.42. The molecule has 0 aromatic heterocycles. The van der Waals surface area contributed by atoms with Crippen LogP contribution in [0, 0.1) is 5.41 Å². The highest BCUT2D eigenvalue weighted by Gasteiger charge is 2.57. The minimum absolute atomic E-state index is 0.188. The Bertz CT molecular complexity index is 434. The molecule has 1 N–H and O–H groups in total. The molecule has 2 aliphatic carbocycles. The van der Waals surface area contributed by atoms with Crippen molar-refractivity contribution >= 4 is 6.09 Å². The third kappa shape index (κ3) is 3.36. The van der Waals surface area contributed by atoms with Gasteiger partial charge in [-0.15, -0.1) is 0 Å². The number of hydrogen-bond donors (Lipinski definition) is 1. The molecule has 0 aromatic rings. The normalized spacial score (nSPS) is 30.2. The molecule has 1 amide bonds. The van der Waals surface area contributed by atoms with Crippen molar-refractivity contribution in [3.8, 4) is 0 Å². The summed E-state index contributed by atoms with van der Waals surface area (Å²) < 4.78 is 11.4. The van der Waals surface area contributed by atoms with Gasteiger partial charge in [-0.25, -0.2) is 4.79 Å². The Labute approximate surface area is 140 Å². The Balaban J connectivity index is 1.46. The molecule has 3 fully saturated rings. The van der Waals surface area contributed by atoms with Crippen LogP contribution in [-0.4, -0.2) is 54.5 Å². The SMILES string of the molecule is CCOC1CC(NC2CN(C(=O)OC(C)(C)C)C2)C12CCCC2. The van der Waals surface area contributed by atoms with Crippen molar-refractivity contribution in [3.05, 3.63) is 0 Å². The smallest absolute Gasteiger partial charge is 0.410 e. The Morgan fingerprint density at radius 2 is 1.91 bits per heavy atom. The van der Waals surface area contributed by atoms with E-state index in [0.29, 0.717) is 23.6 Å². The van der Waals surface area contributed by atoms with E-state index in [9.17, 15) is 4.79 Å². The van der Waals surface area contributed by atoms with Crippen molar-refractivity contribution in [2.24, 2.45) is 5.41 Å². The van der Waals surface area contributed by atoms with Gasteiger partial charge in [0, 0.05) is 37.2 Å². The van der Waals surface area contributed by atoms with Gasteiger partial charge in [0.1, 0.15) is 5.60 Å². The summed E-state index contributed by atoms with van der Waals surface area (Å²) in [4.78, 5) is 13.8. The number of carbonyl (C=O) groups is 1. The molecule has 5 nitrogen and oxygen atoms in total. The first kappa shape index (κ1) is 17.0. The molecule has 5 heteroatoms. The first-order valence-electron chi connectivity index (χ1n) is 9.19. The Kier molecular flexibility index (Phi) is 4.62. The molecule has 2 saturated carbocycles. The monoisotopic (exact) mass is 324 g/mol. The van der Waals surface area contributed by atoms with Crippen LogP contribution in [0.5, 0.6) is 0 Å². The van der Waals surface area contributed by atoms with Crippen LogP contribution in [0.15, 0.2) is 0 Å². The summed E-state index contributed by atoms with van der Waals surface area (Å²) in [5, 5.41) is 3.79. The zero-order chi connectivity index (χ0) is 16.7. The minimum atomic E-state index is -0.414. The second kappa shape index (κ2) is 6.25. The van der Waals surface area contributed by atoms with Crippen molar-refractivity contribution in [1.29, 1.82) is 0 Å². The van der Waals surface area contributed by atoms with Crippen LogP contribution >= 0.6 is 0 Å². The molecule has 2 unspecified atom stereocenters. The van der Waals surface area contributed by atoms with Crippen molar-refractivity contribution in [3.63, 3.8) is 0 Å². The third-order valence-corrected chi connectivity index (χ3v) is 5.66. The zero-order valence-corrected chi connectivity index (χ0v) is 15.1. The summed E-state index contributed by atoms with van der Waals surface area (Å²) in [6, 6.07) is 0.972. The maximum Gasteiger partial charge on any atom is 0.410 e. The summed E-state index contributed by atoms with van der Waals surface area (Å²) >= 11 is 0. The van der Waals surface area contributed by atoms with Crippen LogP contribution in [0.2, 0.25) is 0 Å². The number of nitrogens with one attached hydrogen (secondary N) is 1. The second-order valence-corrected chi connectivity index (χ2v) is 8.42. The van der Waals surface area contributed by atoms with E-state index in [1.54, 1.807) is 4.90 Å². The van der Waals surface area contributed by atoms with E-state index in [1.165, 1.54) is 25.7 Å². The Morgan fingerprint density at radius 3 is 2.48 bits per heavy atom. The largest absolute Gasteiger partial charge is 0.444 e. The van der Waals surface area contributed by atoms with Crippen LogP contribution in [0.25, 0.3) is 0 Å². The van der Waals surface area contributed by atoms with Gasteiger partial charge in [-0.1, -0.05) is 12.8 Å². The van der Waals surface area contributed by atoms with E-state index < -0.39 is 5.60 Å².